The van der Waals surface area contributed by atoms with Gasteiger partial charge in [0.05, 0.1) is 20.3 Å². The molecule has 0 amide bonds. The van der Waals surface area contributed by atoms with Crippen LogP contribution in [0.4, 0.5) is 0 Å². The number of carbonyl (C=O) groups is 2. The molecule has 1 rings (SSSR count). The molecule has 1 fully saturated rings. The number of ether oxygens (including phenoxy) is 2. The highest BCUT2D eigenvalue weighted by atomic mass is 16.5. The van der Waals surface area contributed by atoms with Gasteiger partial charge in [-0.1, -0.05) is 19.3 Å². The molecule has 5 nitrogen and oxygen atoms in total. The summed E-state index contributed by atoms with van der Waals surface area (Å²) in [5, 5.41) is 3.06. The van der Waals surface area contributed by atoms with Crippen LogP contribution in [0.3, 0.4) is 0 Å². The van der Waals surface area contributed by atoms with E-state index in [1.807, 2.05) is 0 Å². The van der Waals surface area contributed by atoms with Crippen molar-refractivity contribution >= 4 is 11.9 Å². The van der Waals surface area contributed by atoms with Gasteiger partial charge in [-0.15, -0.1) is 0 Å². The Morgan fingerprint density at radius 2 is 1.76 bits per heavy atom. The maximum absolute atomic E-state index is 11.5. The van der Waals surface area contributed by atoms with Gasteiger partial charge in [-0.2, -0.15) is 0 Å². The fraction of sp³-hybridized carbons (Fsp3) is 0.667. The lowest BCUT2D eigenvalue weighted by Gasteiger charge is -2.24. The third-order valence-electron chi connectivity index (χ3n) is 2.83. The molecule has 5 heteroatoms. The lowest BCUT2D eigenvalue weighted by atomic mass is 9.95. The van der Waals surface area contributed by atoms with Gasteiger partial charge in [0.2, 0.25) is 0 Å². The summed E-state index contributed by atoms with van der Waals surface area (Å²) in [6, 6.07) is 0.235. The molecule has 1 saturated carbocycles. The van der Waals surface area contributed by atoms with Gasteiger partial charge in [0.25, 0.3) is 0 Å². The summed E-state index contributed by atoms with van der Waals surface area (Å²) in [6.07, 6.45) is 6.67. The minimum atomic E-state index is -0.561. The molecule has 0 aromatic heterocycles. The van der Waals surface area contributed by atoms with E-state index < -0.39 is 11.9 Å². The molecule has 0 bridgehead atoms. The van der Waals surface area contributed by atoms with Crippen molar-refractivity contribution in [2.24, 2.45) is 0 Å². The van der Waals surface area contributed by atoms with Gasteiger partial charge in [0.15, 0.2) is 0 Å². The summed E-state index contributed by atoms with van der Waals surface area (Å²) in [7, 11) is 2.56. The van der Waals surface area contributed by atoms with Crippen LogP contribution >= 0.6 is 0 Å². The normalized spacial score (nSPS) is 17.4. The van der Waals surface area contributed by atoms with Gasteiger partial charge in [-0.05, 0) is 12.8 Å². The van der Waals surface area contributed by atoms with E-state index in [9.17, 15) is 9.59 Å². The highest BCUT2D eigenvalue weighted by Crippen LogP contribution is 2.18. The molecule has 0 radical (unpaired) electrons. The van der Waals surface area contributed by atoms with Crippen molar-refractivity contribution in [2.75, 3.05) is 14.2 Å². The Kier molecular flexibility index (Phi) is 5.52. The Morgan fingerprint density at radius 1 is 1.12 bits per heavy atom. The predicted molar refractivity (Wildman–Crippen MR) is 62.1 cm³/mol. The van der Waals surface area contributed by atoms with E-state index in [0.29, 0.717) is 0 Å². The quantitative estimate of drug-likeness (QED) is 0.590. The van der Waals surface area contributed by atoms with Crippen molar-refractivity contribution in [3.05, 3.63) is 11.8 Å². The van der Waals surface area contributed by atoms with Crippen LogP contribution < -0.4 is 5.32 Å². The number of esters is 2. The van der Waals surface area contributed by atoms with Gasteiger partial charge in [-0.3, -0.25) is 0 Å². The molecule has 0 aromatic rings. The average molecular weight is 241 g/mol. The Bertz CT molecular complexity index is 306. The Hall–Kier alpha value is -1.52. The van der Waals surface area contributed by atoms with Crippen LogP contribution in [0.5, 0.6) is 0 Å². The van der Waals surface area contributed by atoms with Crippen LogP contribution in [0.25, 0.3) is 0 Å². The van der Waals surface area contributed by atoms with Crippen molar-refractivity contribution < 1.29 is 19.1 Å². The zero-order valence-electron chi connectivity index (χ0n) is 10.3. The average Bonchev–Trinajstić information content (AvgIpc) is 2.38. The summed E-state index contributed by atoms with van der Waals surface area (Å²) in [5.74, 6) is -1.10. The minimum absolute atomic E-state index is 0.172. The maximum Gasteiger partial charge on any atom is 0.354 e. The zero-order valence-corrected chi connectivity index (χ0v) is 10.3. The van der Waals surface area contributed by atoms with Crippen molar-refractivity contribution in [3.63, 3.8) is 0 Å². The first kappa shape index (κ1) is 13.5. The van der Waals surface area contributed by atoms with Crippen molar-refractivity contribution in [1.82, 2.24) is 5.32 Å². The van der Waals surface area contributed by atoms with Crippen LogP contribution in [-0.2, 0) is 19.1 Å². The molecular formula is C12H19NO4. The zero-order chi connectivity index (χ0) is 12.7. The first-order chi connectivity index (χ1) is 8.17. The number of methoxy groups -OCH3 is 2. The maximum atomic E-state index is 11.5. The number of hydrogen-bond acceptors (Lipinski definition) is 5. The molecule has 17 heavy (non-hydrogen) atoms. The molecule has 0 saturated heterocycles. The van der Waals surface area contributed by atoms with Crippen LogP contribution in [0.1, 0.15) is 32.1 Å². The van der Waals surface area contributed by atoms with Gasteiger partial charge in [0, 0.05) is 6.04 Å². The van der Waals surface area contributed by atoms with Crippen LogP contribution in [0.2, 0.25) is 0 Å². The fourth-order valence-corrected chi connectivity index (χ4v) is 1.91. The number of rotatable bonds is 4. The summed E-state index contributed by atoms with van der Waals surface area (Å²) in [4.78, 5) is 22.6. The van der Waals surface area contributed by atoms with Crippen molar-refractivity contribution in [2.45, 2.75) is 38.1 Å². The Balaban J connectivity index is 2.65. The summed E-state index contributed by atoms with van der Waals surface area (Å²) < 4.78 is 9.12. The van der Waals surface area contributed by atoms with E-state index in [1.54, 1.807) is 0 Å². The highest BCUT2D eigenvalue weighted by Gasteiger charge is 2.19. The topological polar surface area (TPSA) is 64.6 Å². The predicted octanol–water partition coefficient (Wildman–Crippen LogP) is 1.14. The summed E-state index contributed by atoms with van der Waals surface area (Å²) >= 11 is 0. The fourth-order valence-electron chi connectivity index (χ4n) is 1.91. The Morgan fingerprint density at radius 3 is 2.29 bits per heavy atom. The van der Waals surface area contributed by atoms with E-state index in [0.717, 1.165) is 31.8 Å². The number of carbonyl (C=O) groups excluding carboxylic acids is 2. The third kappa shape index (κ3) is 4.46. The second kappa shape index (κ2) is 6.93. The number of nitrogens with one attached hydrogen (secondary N) is 1. The Labute approximate surface area is 101 Å². The SMILES string of the molecule is COC(=O)C=C(NC1CCCCC1)C(=O)OC. The lowest BCUT2D eigenvalue weighted by Crippen LogP contribution is -2.34. The van der Waals surface area contributed by atoms with E-state index in [2.05, 4.69) is 14.8 Å². The van der Waals surface area contributed by atoms with Crippen molar-refractivity contribution in [1.29, 1.82) is 0 Å². The molecule has 0 unspecified atom stereocenters. The summed E-state index contributed by atoms with van der Waals surface area (Å²) in [5.41, 5.74) is 0.172. The first-order valence-corrected chi connectivity index (χ1v) is 5.82. The van der Waals surface area contributed by atoms with Crippen LogP contribution in [0, 0.1) is 0 Å². The number of hydrogen-bond donors (Lipinski definition) is 1. The monoisotopic (exact) mass is 241 g/mol. The molecule has 1 N–H and O–H groups in total. The van der Waals surface area contributed by atoms with E-state index in [1.165, 1.54) is 20.6 Å². The second-order valence-electron chi connectivity index (χ2n) is 4.05. The molecule has 0 atom stereocenters. The third-order valence-corrected chi connectivity index (χ3v) is 2.83. The molecule has 96 valence electrons. The minimum Gasteiger partial charge on any atom is -0.466 e. The highest BCUT2D eigenvalue weighted by molar-refractivity contribution is 5.95. The van der Waals surface area contributed by atoms with Crippen LogP contribution in [0.15, 0.2) is 11.8 Å². The molecule has 0 spiro atoms. The summed E-state index contributed by atoms with van der Waals surface area (Å²) in [6.45, 7) is 0. The van der Waals surface area contributed by atoms with E-state index >= 15 is 0 Å². The molecule has 0 aliphatic heterocycles. The van der Waals surface area contributed by atoms with E-state index in [4.69, 9.17) is 0 Å². The largest absolute Gasteiger partial charge is 0.466 e. The molecule has 1 aliphatic rings. The van der Waals surface area contributed by atoms with Gasteiger partial charge in [-0.25, -0.2) is 9.59 Å². The van der Waals surface area contributed by atoms with Crippen LogP contribution in [-0.4, -0.2) is 32.2 Å². The smallest absolute Gasteiger partial charge is 0.354 e. The van der Waals surface area contributed by atoms with Gasteiger partial charge in [0.1, 0.15) is 5.70 Å². The first-order valence-electron chi connectivity index (χ1n) is 5.82. The lowest BCUT2D eigenvalue weighted by molar-refractivity contribution is -0.139. The molecule has 0 aromatic carbocycles. The molecular weight excluding hydrogens is 222 g/mol. The second-order valence-corrected chi connectivity index (χ2v) is 4.05. The van der Waals surface area contributed by atoms with Crippen molar-refractivity contribution in [3.8, 4) is 0 Å². The van der Waals surface area contributed by atoms with E-state index in [-0.39, 0.29) is 11.7 Å². The van der Waals surface area contributed by atoms with Gasteiger partial charge < -0.3 is 14.8 Å². The molecule has 0 heterocycles. The standard InChI is InChI=1S/C12H19NO4/c1-16-11(14)8-10(12(15)17-2)13-9-6-4-3-5-7-9/h8-9,13H,3-7H2,1-2H3. The van der Waals surface area contributed by atoms with Gasteiger partial charge >= 0.3 is 11.9 Å². The molecule has 1 aliphatic carbocycles.